The Bertz CT molecular complexity index is 345. The normalized spacial score (nSPS) is 13.3. The average molecular weight is 258 g/mol. The Hall–Kier alpha value is 1.25. The number of rotatable bonds is 4. The maximum absolute atomic E-state index is 10.6. The minimum atomic E-state index is -3.87. The van der Waals surface area contributed by atoms with Gasteiger partial charge in [-0.15, -0.1) is 5.38 Å². The van der Waals surface area contributed by atoms with Crippen LogP contribution in [0.3, 0.4) is 0 Å². The van der Waals surface area contributed by atoms with Crippen molar-refractivity contribution in [1.29, 1.82) is 0 Å². The van der Waals surface area contributed by atoms with E-state index in [2.05, 4.69) is 5.38 Å². The van der Waals surface area contributed by atoms with Gasteiger partial charge in [-0.05, 0) is 19.8 Å². The Labute approximate surface area is 131 Å². The predicted molar refractivity (Wildman–Crippen MR) is 52.5 cm³/mol. The van der Waals surface area contributed by atoms with Gasteiger partial charge in [-0.2, -0.15) is 19.4 Å². The van der Waals surface area contributed by atoms with Gasteiger partial charge in [-0.3, -0.25) is 4.55 Å². The van der Waals surface area contributed by atoms with E-state index in [1.165, 1.54) is 18.3 Å². The molecule has 1 atom stereocenters. The first-order chi connectivity index (χ1) is 6.00. The molecule has 3 nitrogen and oxygen atoms in total. The van der Waals surface area contributed by atoms with Crippen LogP contribution in [0, 0.1) is 5.38 Å². The van der Waals surface area contributed by atoms with E-state index < -0.39 is 15.4 Å². The van der Waals surface area contributed by atoms with Crippen molar-refractivity contribution in [3.63, 3.8) is 0 Å². The molecule has 0 aromatic carbocycles. The quantitative estimate of drug-likeness (QED) is 0.418. The van der Waals surface area contributed by atoms with E-state index >= 15 is 0 Å². The zero-order chi connectivity index (χ0) is 9.90. The van der Waals surface area contributed by atoms with Crippen molar-refractivity contribution >= 4 is 21.5 Å². The van der Waals surface area contributed by atoms with E-state index in [1.54, 1.807) is 0 Å². The maximum Gasteiger partial charge on any atom is 1.00 e. The van der Waals surface area contributed by atoms with Crippen molar-refractivity contribution in [3.05, 3.63) is 22.4 Å². The van der Waals surface area contributed by atoms with Gasteiger partial charge in [0.1, 0.15) is 0 Å². The fourth-order valence-electron chi connectivity index (χ4n) is 0.902. The number of thiophene rings is 1. The molecule has 0 aliphatic rings. The van der Waals surface area contributed by atoms with Crippen molar-refractivity contribution < 1.29 is 64.4 Å². The molecule has 14 heavy (non-hydrogen) atoms. The summed E-state index contributed by atoms with van der Waals surface area (Å²) in [6, 6.07) is 1.90. The smallest absolute Gasteiger partial charge is 0.304 e. The average Bonchev–Trinajstić information content (AvgIpc) is 2.50. The summed E-state index contributed by atoms with van der Waals surface area (Å²) < 4.78 is 30.0. The fourth-order valence-corrected chi connectivity index (χ4v) is 1.94. The monoisotopic (exact) mass is 258 g/mol. The van der Waals surface area contributed by atoms with Gasteiger partial charge in [-0.1, -0.05) is 0 Å². The van der Waals surface area contributed by atoms with Gasteiger partial charge in [0.05, 0.1) is 5.25 Å². The predicted octanol–water partition coefficient (Wildman–Crippen LogP) is -1.24. The molecule has 1 unspecified atom stereocenters. The second kappa shape index (κ2) is 6.75. The Morgan fingerprint density at radius 2 is 2.29 bits per heavy atom. The Kier molecular flexibility index (Phi) is 7.35. The Balaban J connectivity index is 0.00000169. The van der Waals surface area contributed by atoms with Gasteiger partial charge in [-0.25, -0.2) is 6.07 Å². The molecule has 0 bridgehead atoms. The first kappa shape index (κ1) is 15.2. The first-order valence-corrected chi connectivity index (χ1v) is 6.29. The second-order valence-corrected chi connectivity index (χ2v) is 5.46. The zero-order valence-corrected chi connectivity index (χ0v) is 13.0. The second-order valence-electron chi connectivity index (χ2n) is 2.91. The molecule has 0 fully saturated rings. The van der Waals surface area contributed by atoms with Crippen molar-refractivity contribution in [2.75, 3.05) is 0 Å². The van der Waals surface area contributed by atoms with Crippen LogP contribution in [0.1, 0.15) is 18.9 Å². The van der Waals surface area contributed by atoms with Crippen LogP contribution in [0.4, 0.5) is 0 Å². The summed E-state index contributed by atoms with van der Waals surface area (Å²) in [5.74, 6) is 0. The maximum atomic E-state index is 10.6. The number of aryl methyl sites for hydroxylation is 1. The van der Waals surface area contributed by atoms with Gasteiger partial charge in [0.25, 0.3) is 10.1 Å². The van der Waals surface area contributed by atoms with Crippen LogP contribution >= 0.6 is 11.3 Å². The standard InChI is InChI=1S/C8H11O3S2.K/c1-7(13(9,10)11)2-3-8-4-5-12-6-8;/h4-5,7H,2-3H2,1H3,(H,9,10,11);/q-1;+1. The van der Waals surface area contributed by atoms with Gasteiger partial charge in [0, 0.05) is 0 Å². The third-order valence-electron chi connectivity index (χ3n) is 1.86. The summed E-state index contributed by atoms with van der Waals surface area (Å²) in [7, 11) is -3.87. The molecule has 6 heteroatoms. The molecule has 1 aromatic rings. The fraction of sp³-hybridized carbons (Fsp3) is 0.500. The molecule has 74 valence electrons. The molecule has 1 aromatic heterocycles. The van der Waals surface area contributed by atoms with Crippen molar-refractivity contribution in [2.45, 2.75) is 25.0 Å². The van der Waals surface area contributed by atoms with Crippen LogP contribution in [0.15, 0.2) is 11.4 Å². The summed E-state index contributed by atoms with van der Waals surface area (Å²) in [6.45, 7) is 1.50. The van der Waals surface area contributed by atoms with Crippen molar-refractivity contribution in [1.82, 2.24) is 0 Å². The molecule has 0 spiro atoms. The zero-order valence-electron chi connectivity index (χ0n) is 8.23. The summed E-state index contributed by atoms with van der Waals surface area (Å²) in [5.41, 5.74) is 1.00. The third-order valence-corrected chi connectivity index (χ3v) is 3.76. The largest absolute Gasteiger partial charge is 1.00 e. The van der Waals surface area contributed by atoms with Gasteiger partial charge < -0.3 is 11.3 Å². The van der Waals surface area contributed by atoms with Crippen LogP contribution in [-0.2, 0) is 16.5 Å². The summed E-state index contributed by atoms with van der Waals surface area (Å²) in [6.07, 6.45) is 1.08. The third kappa shape index (κ3) is 5.36. The molecule has 1 heterocycles. The van der Waals surface area contributed by atoms with Gasteiger partial charge in [0.15, 0.2) is 0 Å². The van der Waals surface area contributed by atoms with E-state index in [1.807, 2.05) is 11.4 Å². The van der Waals surface area contributed by atoms with Crippen molar-refractivity contribution in [2.24, 2.45) is 0 Å². The molecule has 0 saturated carbocycles. The van der Waals surface area contributed by atoms with Crippen molar-refractivity contribution in [3.8, 4) is 0 Å². The molecular formula is C8H11KO3S2. The molecular weight excluding hydrogens is 247 g/mol. The molecule has 0 aliphatic heterocycles. The Morgan fingerprint density at radius 3 is 2.71 bits per heavy atom. The van der Waals surface area contributed by atoms with E-state index in [4.69, 9.17) is 4.55 Å². The van der Waals surface area contributed by atoms with Crippen LogP contribution in [-0.4, -0.2) is 18.2 Å². The molecule has 0 radical (unpaired) electrons. The number of hydrogen-bond donors (Lipinski definition) is 1. The van der Waals surface area contributed by atoms with E-state index in [-0.39, 0.29) is 51.4 Å². The van der Waals surface area contributed by atoms with Crippen LogP contribution < -0.4 is 51.4 Å². The molecule has 0 aliphatic carbocycles. The van der Waals surface area contributed by atoms with Crippen LogP contribution in [0.25, 0.3) is 0 Å². The van der Waals surface area contributed by atoms with E-state index in [0.717, 1.165) is 5.56 Å². The van der Waals surface area contributed by atoms with E-state index in [9.17, 15) is 8.42 Å². The topological polar surface area (TPSA) is 54.4 Å². The summed E-state index contributed by atoms with van der Waals surface area (Å²) >= 11 is 1.46. The number of hydrogen-bond acceptors (Lipinski definition) is 3. The molecule has 1 rings (SSSR count). The van der Waals surface area contributed by atoms with Crippen LogP contribution in [0.2, 0.25) is 0 Å². The van der Waals surface area contributed by atoms with Crippen LogP contribution in [0.5, 0.6) is 0 Å². The SMILES string of the molecule is CC(CCc1[c-]scc1)S(=O)(=O)O.[K+]. The minimum absolute atomic E-state index is 0. The Morgan fingerprint density at radius 1 is 1.64 bits per heavy atom. The summed E-state index contributed by atoms with van der Waals surface area (Å²) in [4.78, 5) is 0. The van der Waals surface area contributed by atoms with Gasteiger partial charge >= 0.3 is 51.4 Å². The molecule has 1 N–H and O–H groups in total. The summed E-state index contributed by atoms with van der Waals surface area (Å²) in [5, 5.41) is 4.21. The first-order valence-electron chi connectivity index (χ1n) is 3.90. The molecule has 0 amide bonds. The minimum Gasteiger partial charge on any atom is -0.304 e. The van der Waals surface area contributed by atoms with E-state index in [0.29, 0.717) is 12.8 Å². The van der Waals surface area contributed by atoms with Gasteiger partial charge in [0.2, 0.25) is 0 Å². The molecule has 0 saturated heterocycles.